The van der Waals surface area contributed by atoms with E-state index >= 15 is 0 Å². The van der Waals surface area contributed by atoms with E-state index in [1.807, 2.05) is 68.4 Å². The number of hydrogen-bond donors (Lipinski definition) is 1. The second-order valence-corrected chi connectivity index (χ2v) is 9.91. The summed E-state index contributed by atoms with van der Waals surface area (Å²) in [7, 11) is 1.60. The number of methoxy groups -OCH3 is 1. The molecular formula is C29H32Cl2N2O3. The van der Waals surface area contributed by atoms with E-state index in [1.54, 1.807) is 30.2 Å². The molecule has 3 rings (SSSR count). The number of rotatable bonds is 11. The van der Waals surface area contributed by atoms with Gasteiger partial charge in [0.1, 0.15) is 11.8 Å². The summed E-state index contributed by atoms with van der Waals surface area (Å²) in [4.78, 5) is 28.9. The number of carbonyl (C=O) groups excluding carboxylic acids is 2. The molecule has 0 fully saturated rings. The van der Waals surface area contributed by atoms with Gasteiger partial charge in [0, 0.05) is 35.1 Å². The molecule has 2 amide bonds. The van der Waals surface area contributed by atoms with E-state index in [0.717, 1.165) is 11.1 Å². The second-order valence-electron chi connectivity index (χ2n) is 9.09. The number of carbonyl (C=O) groups is 2. The van der Waals surface area contributed by atoms with Crippen molar-refractivity contribution in [3.63, 3.8) is 0 Å². The Balaban J connectivity index is 1.99. The van der Waals surface area contributed by atoms with Gasteiger partial charge in [0.05, 0.1) is 13.5 Å². The summed E-state index contributed by atoms with van der Waals surface area (Å²) < 4.78 is 5.23. The minimum Gasteiger partial charge on any atom is -0.497 e. The summed E-state index contributed by atoms with van der Waals surface area (Å²) in [5.74, 6) is 0.573. The number of nitrogens with zero attached hydrogens (tertiary/aromatic N) is 1. The third-order valence-electron chi connectivity index (χ3n) is 5.86. The van der Waals surface area contributed by atoms with Crippen molar-refractivity contribution in [1.29, 1.82) is 0 Å². The highest BCUT2D eigenvalue weighted by Crippen LogP contribution is 2.27. The topological polar surface area (TPSA) is 58.6 Å². The van der Waals surface area contributed by atoms with Gasteiger partial charge in [-0.15, -0.1) is 0 Å². The first-order valence-electron chi connectivity index (χ1n) is 12.0. The zero-order valence-electron chi connectivity index (χ0n) is 20.8. The average Bonchev–Trinajstić information content (AvgIpc) is 2.87. The Morgan fingerprint density at radius 2 is 1.53 bits per heavy atom. The highest BCUT2D eigenvalue weighted by Gasteiger charge is 2.31. The Hall–Kier alpha value is -3.02. The lowest BCUT2D eigenvalue weighted by Gasteiger charge is -2.32. The van der Waals surface area contributed by atoms with E-state index < -0.39 is 6.04 Å². The van der Waals surface area contributed by atoms with Crippen LogP contribution in [0.3, 0.4) is 0 Å². The molecule has 36 heavy (non-hydrogen) atoms. The van der Waals surface area contributed by atoms with E-state index in [9.17, 15) is 9.59 Å². The molecule has 5 nitrogen and oxygen atoms in total. The minimum atomic E-state index is -0.746. The first kappa shape index (κ1) is 27.6. The number of benzene rings is 3. The van der Waals surface area contributed by atoms with Gasteiger partial charge < -0.3 is 15.0 Å². The molecule has 3 aromatic rings. The summed E-state index contributed by atoms with van der Waals surface area (Å²) in [5, 5.41) is 3.92. The first-order chi connectivity index (χ1) is 17.3. The van der Waals surface area contributed by atoms with Crippen molar-refractivity contribution in [3.05, 3.63) is 99.5 Å². The molecule has 0 aromatic heterocycles. The van der Waals surface area contributed by atoms with E-state index in [4.69, 9.17) is 27.9 Å². The van der Waals surface area contributed by atoms with Gasteiger partial charge in [-0.1, -0.05) is 85.6 Å². The van der Waals surface area contributed by atoms with Crippen LogP contribution in [-0.2, 0) is 29.0 Å². The van der Waals surface area contributed by atoms with Gasteiger partial charge in [0.25, 0.3) is 0 Å². The summed E-state index contributed by atoms with van der Waals surface area (Å²) in [6, 6.07) is 21.5. The quantitative estimate of drug-likeness (QED) is 0.335. The van der Waals surface area contributed by atoms with Crippen molar-refractivity contribution in [3.8, 4) is 5.75 Å². The van der Waals surface area contributed by atoms with E-state index in [1.165, 1.54) is 0 Å². The fraction of sp³-hybridized carbons (Fsp3) is 0.310. The Morgan fingerprint density at radius 3 is 2.11 bits per heavy atom. The molecule has 0 aliphatic rings. The molecule has 1 N–H and O–H groups in total. The predicted octanol–water partition coefficient (Wildman–Crippen LogP) is 5.96. The molecule has 0 aliphatic carbocycles. The highest BCUT2D eigenvalue weighted by molar-refractivity contribution is 6.36. The van der Waals surface area contributed by atoms with Gasteiger partial charge in [-0.25, -0.2) is 0 Å². The zero-order chi connectivity index (χ0) is 26.1. The fourth-order valence-corrected chi connectivity index (χ4v) is 4.37. The Morgan fingerprint density at radius 1 is 0.889 bits per heavy atom. The van der Waals surface area contributed by atoms with E-state index in [-0.39, 0.29) is 30.7 Å². The van der Waals surface area contributed by atoms with Crippen LogP contribution in [0, 0.1) is 5.92 Å². The van der Waals surface area contributed by atoms with Crippen molar-refractivity contribution in [2.24, 2.45) is 5.92 Å². The number of hydrogen-bond acceptors (Lipinski definition) is 3. The lowest BCUT2D eigenvalue weighted by atomic mass is 10.0. The van der Waals surface area contributed by atoms with Gasteiger partial charge in [-0.05, 0) is 41.3 Å². The van der Waals surface area contributed by atoms with Gasteiger partial charge in [0.2, 0.25) is 11.8 Å². The molecule has 0 saturated carbocycles. The van der Waals surface area contributed by atoms with Crippen molar-refractivity contribution in [2.75, 3.05) is 13.7 Å². The summed E-state index contributed by atoms with van der Waals surface area (Å²) >= 11 is 13.0. The normalized spacial score (nSPS) is 11.7. The van der Waals surface area contributed by atoms with Crippen LogP contribution < -0.4 is 10.1 Å². The minimum absolute atomic E-state index is 0.111. The number of ether oxygens (including phenoxy) is 1. The molecule has 0 heterocycles. The van der Waals surface area contributed by atoms with Crippen LogP contribution in [0.2, 0.25) is 10.0 Å². The molecule has 3 aromatic carbocycles. The molecule has 1 atom stereocenters. The number of amides is 2. The molecule has 0 bridgehead atoms. The van der Waals surface area contributed by atoms with Crippen LogP contribution in [0.1, 0.15) is 30.5 Å². The Bertz CT molecular complexity index is 1130. The van der Waals surface area contributed by atoms with Gasteiger partial charge >= 0.3 is 0 Å². The molecule has 0 radical (unpaired) electrons. The number of nitrogens with one attached hydrogen (secondary N) is 1. The van der Waals surface area contributed by atoms with Crippen molar-refractivity contribution in [1.82, 2.24) is 10.2 Å². The molecule has 0 unspecified atom stereocenters. The van der Waals surface area contributed by atoms with Crippen molar-refractivity contribution >= 4 is 35.0 Å². The standard InChI is InChI=1S/C29H32Cl2N2O3/c1-20(2)18-32-29(35)27(16-21-8-5-4-6-9-21)33(19-24-25(30)10-7-11-26(24)31)28(34)17-22-12-14-23(36-3)15-13-22/h4-15,20,27H,16-19H2,1-3H3,(H,32,35)/t27-/m0/s1. The maximum Gasteiger partial charge on any atom is 0.243 e. The smallest absolute Gasteiger partial charge is 0.243 e. The molecule has 0 aliphatic heterocycles. The Kier molecular flexibility index (Phi) is 10.2. The lowest BCUT2D eigenvalue weighted by molar-refractivity contribution is -0.140. The summed E-state index contributed by atoms with van der Waals surface area (Å²) in [5.41, 5.74) is 2.38. The van der Waals surface area contributed by atoms with Crippen molar-refractivity contribution < 1.29 is 14.3 Å². The van der Waals surface area contributed by atoms with Gasteiger partial charge in [0.15, 0.2) is 0 Å². The van der Waals surface area contributed by atoms with Gasteiger partial charge in [-0.3, -0.25) is 9.59 Å². The van der Waals surface area contributed by atoms with Crippen LogP contribution in [-0.4, -0.2) is 36.4 Å². The molecule has 0 spiro atoms. The fourth-order valence-electron chi connectivity index (χ4n) is 3.85. The third-order valence-corrected chi connectivity index (χ3v) is 6.57. The zero-order valence-corrected chi connectivity index (χ0v) is 22.4. The maximum absolute atomic E-state index is 13.8. The van der Waals surface area contributed by atoms with Crippen LogP contribution >= 0.6 is 23.2 Å². The molecular weight excluding hydrogens is 495 g/mol. The molecule has 0 saturated heterocycles. The van der Waals surface area contributed by atoms with Gasteiger partial charge in [-0.2, -0.15) is 0 Å². The number of halogens is 2. The monoisotopic (exact) mass is 526 g/mol. The molecule has 7 heteroatoms. The average molecular weight is 527 g/mol. The Labute approximate surface area is 223 Å². The van der Waals surface area contributed by atoms with Crippen LogP contribution in [0.15, 0.2) is 72.8 Å². The predicted molar refractivity (Wildman–Crippen MR) is 145 cm³/mol. The first-order valence-corrected chi connectivity index (χ1v) is 12.7. The SMILES string of the molecule is COc1ccc(CC(=O)N(Cc2c(Cl)cccc2Cl)[C@@H](Cc2ccccc2)C(=O)NCC(C)C)cc1. The maximum atomic E-state index is 13.8. The van der Waals surface area contributed by atoms with Crippen LogP contribution in [0.4, 0.5) is 0 Å². The second kappa shape index (κ2) is 13.3. The van der Waals surface area contributed by atoms with Crippen LogP contribution in [0.25, 0.3) is 0 Å². The summed E-state index contributed by atoms with van der Waals surface area (Å²) in [6.07, 6.45) is 0.482. The lowest BCUT2D eigenvalue weighted by Crippen LogP contribution is -2.51. The van der Waals surface area contributed by atoms with E-state index in [2.05, 4.69) is 5.32 Å². The summed E-state index contributed by atoms with van der Waals surface area (Å²) in [6.45, 7) is 4.68. The van der Waals surface area contributed by atoms with Crippen molar-refractivity contribution in [2.45, 2.75) is 39.3 Å². The van der Waals surface area contributed by atoms with E-state index in [0.29, 0.717) is 34.3 Å². The largest absolute Gasteiger partial charge is 0.497 e. The van der Waals surface area contributed by atoms with Crippen LogP contribution in [0.5, 0.6) is 5.75 Å². The highest BCUT2D eigenvalue weighted by atomic mass is 35.5. The third kappa shape index (κ3) is 7.74. The molecule has 190 valence electrons.